The number of benzene rings is 1. The first-order chi connectivity index (χ1) is 16.7. The average molecular weight is 499 g/mol. The summed E-state index contributed by atoms with van der Waals surface area (Å²) in [7, 11) is -0.779. The van der Waals surface area contributed by atoms with E-state index in [1.54, 1.807) is 24.5 Å². The highest BCUT2D eigenvalue weighted by atomic mass is 32.2. The number of ketones is 1. The van der Waals surface area contributed by atoms with E-state index < -0.39 is 27.8 Å². The summed E-state index contributed by atoms with van der Waals surface area (Å²) in [6.07, 6.45) is 6.62. The second-order valence-electron chi connectivity index (χ2n) is 8.99. The molecule has 9 nitrogen and oxygen atoms in total. The molecule has 1 N–H and O–H groups in total. The number of aliphatic hydroxyl groups excluding tert-OH is 1. The number of aromatic nitrogens is 1. The van der Waals surface area contributed by atoms with Crippen molar-refractivity contribution in [3.05, 3.63) is 65.5 Å². The van der Waals surface area contributed by atoms with Gasteiger partial charge in [0.2, 0.25) is 10.0 Å². The van der Waals surface area contributed by atoms with Gasteiger partial charge in [0, 0.05) is 45.1 Å². The maximum absolute atomic E-state index is 13.1. The van der Waals surface area contributed by atoms with Crippen LogP contribution in [0.1, 0.15) is 36.4 Å². The minimum absolute atomic E-state index is 0.0233. The summed E-state index contributed by atoms with van der Waals surface area (Å²) < 4.78 is 25.9. The van der Waals surface area contributed by atoms with Crippen LogP contribution in [0.5, 0.6) is 0 Å². The van der Waals surface area contributed by atoms with E-state index in [2.05, 4.69) is 9.88 Å². The number of Topliss-reactive ketones (excluding diaryl/α,β-unsaturated/α-hetero) is 1. The molecule has 2 fully saturated rings. The smallest absolute Gasteiger partial charge is 0.295 e. The molecule has 2 aliphatic rings. The number of pyridine rings is 1. The summed E-state index contributed by atoms with van der Waals surface area (Å²) in [5, 5.41) is 11.2. The first-order valence-corrected chi connectivity index (χ1v) is 13.1. The summed E-state index contributed by atoms with van der Waals surface area (Å²) in [4.78, 5) is 34.2. The van der Waals surface area contributed by atoms with Crippen molar-refractivity contribution in [2.75, 3.05) is 40.3 Å². The lowest BCUT2D eigenvalue weighted by atomic mass is 9.96. The van der Waals surface area contributed by atoms with Crippen molar-refractivity contribution in [2.24, 2.45) is 0 Å². The number of hydrogen-bond acceptors (Lipinski definition) is 7. The molecule has 1 aromatic carbocycles. The first-order valence-electron chi connectivity index (χ1n) is 11.7. The molecular weight excluding hydrogens is 468 g/mol. The SMILES string of the molecule is CN(C)S(=O)(=O)c1ccc(/C(O)=C2\C(=O)C(=O)N(CCN3CCCCC3)[C@@H]2c2cccnc2)cc1. The number of carbonyl (C=O) groups is 2. The number of hydrogen-bond donors (Lipinski definition) is 1. The van der Waals surface area contributed by atoms with Crippen LogP contribution >= 0.6 is 0 Å². The second-order valence-corrected chi connectivity index (χ2v) is 11.1. The van der Waals surface area contributed by atoms with Crippen molar-refractivity contribution < 1.29 is 23.1 Å². The van der Waals surface area contributed by atoms with Gasteiger partial charge < -0.3 is 14.9 Å². The summed E-state index contributed by atoms with van der Waals surface area (Å²) >= 11 is 0. The Morgan fingerprint density at radius 1 is 1.06 bits per heavy atom. The van der Waals surface area contributed by atoms with E-state index in [9.17, 15) is 23.1 Å². The van der Waals surface area contributed by atoms with Crippen LogP contribution in [0.15, 0.2) is 59.3 Å². The van der Waals surface area contributed by atoms with Gasteiger partial charge in [0.1, 0.15) is 5.76 Å². The molecule has 2 aliphatic heterocycles. The molecule has 10 heteroatoms. The molecule has 35 heavy (non-hydrogen) atoms. The van der Waals surface area contributed by atoms with E-state index in [0.717, 1.165) is 30.2 Å². The van der Waals surface area contributed by atoms with Crippen molar-refractivity contribution >= 4 is 27.5 Å². The summed E-state index contributed by atoms with van der Waals surface area (Å²) in [5.74, 6) is -1.77. The zero-order valence-corrected chi connectivity index (χ0v) is 20.7. The molecule has 0 radical (unpaired) electrons. The Morgan fingerprint density at radius 2 is 1.74 bits per heavy atom. The predicted octanol–water partition coefficient (Wildman–Crippen LogP) is 2.24. The Hall–Kier alpha value is -3.08. The van der Waals surface area contributed by atoms with Gasteiger partial charge in [-0.3, -0.25) is 14.6 Å². The van der Waals surface area contributed by atoms with Gasteiger partial charge >= 0.3 is 0 Å². The summed E-state index contributed by atoms with van der Waals surface area (Å²) in [6.45, 7) is 2.91. The van der Waals surface area contributed by atoms with Gasteiger partial charge in [0.05, 0.1) is 16.5 Å². The Labute approximate surface area is 205 Å². The number of piperidine rings is 1. The average Bonchev–Trinajstić information content (AvgIpc) is 3.13. The standard InChI is InChI=1S/C25H30N4O5S/c1-27(2)35(33,34)20-10-8-18(9-11-20)23(30)21-22(19-7-6-12-26-17-19)29(25(32)24(21)31)16-15-28-13-4-3-5-14-28/h6-12,17,22,30H,3-5,13-16H2,1-2H3/b23-21+/t22-/m1/s1. The third-order valence-corrected chi connectivity index (χ3v) is 8.38. The van der Waals surface area contributed by atoms with Crippen LogP contribution < -0.4 is 0 Å². The van der Waals surface area contributed by atoms with Crippen LogP contribution in [0.2, 0.25) is 0 Å². The zero-order chi connectivity index (χ0) is 25.2. The molecule has 0 spiro atoms. The number of aliphatic hydroxyl groups is 1. The molecule has 1 atom stereocenters. The highest BCUT2D eigenvalue weighted by Gasteiger charge is 2.46. The van der Waals surface area contributed by atoms with Crippen LogP contribution in [0.3, 0.4) is 0 Å². The molecule has 2 aromatic rings. The minimum Gasteiger partial charge on any atom is -0.507 e. The van der Waals surface area contributed by atoms with Crippen molar-refractivity contribution in [2.45, 2.75) is 30.2 Å². The molecule has 186 valence electrons. The Bertz CT molecular complexity index is 1220. The molecule has 0 bridgehead atoms. The van der Waals surface area contributed by atoms with Gasteiger partial charge in [0.25, 0.3) is 11.7 Å². The van der Waals surface area contributed by atoms with Gasteiger partial charge in [-0.2, -0.15) is 0 Å². The van der Waals surface area contributed by atoms with Gasteiger partial charge in [0.15, 0.2) is 0 Å². The number of amides is 1. The lowest BCUT2D eigenvalue weighted by Gasteiger charge is -2.30. The van der Waals surface area contributed by atoms with E-state index in [1.807, 2.05) is 0 Å². The lowest BCUT2D eigenvalue weighted by molar-refractivity contribution is -0.140. The monoisotopic (exact) mass is 498 g/mol. The largest absolute Gasteiger partial charge is 0.507 e. The third kappa shape index (κ3) is 5.00. The molecule has 1 aromatic heterocycles. The molecule has 4 rings (SSSR count). The molecular formula is C25H30N4O5S. The predicted molar refractivity (Wildman–Crippen MR) is 131 cm³/mol. The van der Waals surface area contributed by atoms with Crippen LogP contribution in [-0.2, 0) is 19.6 Å². The number of nitrogens with zero attached hydrogens (tertiary/aromatic N) is 4. The normalized spacial score (nSPS) is 21.1. The summed E-state index contributed by atoms with van der Waals surface area (Å²) in [6, 6.07) is 8.34. The lowest BCUT2D eigenvalue weighted by Crippen LogP contribution is -2.40. The molecule has 1 amide bonds. The fourth-order valence-corrected chi connectivity index (χ4v) is 5.48. The van der Waals surface area contributed by atoms with Crippen molar-refractivity contribution in [1.82, 2.24) is 19.1 Å². The van der Waals surface area contributed by atoms with E-state index in [0.29, 0.717) is 18.7 Å². The highest BCUT2D eigenvalue weighted by Crippen LogP contribution is 2.39. The maximum atomic E-state index is 13.1. The first kappa shape index (κ1) is 25.0. The van der Waals surface area contributed by atoms with E-state index in [4.69, 9.17) is 0 Å². The quantitative estimate of drug-likeness (QED) is 0.354. The highest BCUT2D eigenvalue weighted by molar-refractivity contribution is 7.89. The number of likely N-dealkylation sites (tertiary alicyclic amines) is 2. The van der Waals surface area contributed by atoms with Crippen LogP contribution in [0.4, 0.5) is 0 Å². The minimum atomic E-state index is -3.65. The molecule has 2 saturated heterocycles. The molecule has 0 unspecified atom stereocenters. The fourth-order valence-electron chi connectivity index (χ4n) is 4.58. The zero-order valence-electron chi connectivity index (χ0n) is 19.9. The molecule has 0 aliphatic carbocycles. The number of rotatable bonds is 7. The van der Waals surface area contributed by atoms with Gasteiger partial charge in [-0.15, -0.1) is 0 Å². The summed E-state index contributed by atoms with van der Waals surface area (Å²) in [5.41, 5.74) is 0.856. The maximum Gasteiger partial charge on any atom is 0.295 e. The Balaban J connectivity index is 1.71. The Morgan fingerprint density at radius 3 is 2.34 bits per heavy atom. The van der Waals surface area contributed by atoms with Crippen molar-refractivity contribution in [3.8, 4) is 0 Å². The van der Waals surface area contributed by atoms with Gasteiger partial charge in [-0.25, -0.2) is 12.7 Å². The number of carbonyl (C=O) groups excluding carboxylic acids is 2. The van der Waals surface area contributed by atoms with E-state index in [1.165, 1.54) is 49.7 Å². The molecule has 0 saturated carbocycles. The number of sulfonamides is 1. The second kappa shape index (κ2) is 10.3. The van der Waals surface area contributed by atoms with Crippen molar-refractivity contribution in [3.63, 3.8) is 0 Å². The van der Waals surface area contributed by atoms with Gasteiger partial charge in [-0.05, 0) is 61.8 Å². The van der Waals surface area contributed by atoms with Crippen LogP contribution in [0.25, 0.3) is 5.76 Å². The van der Waals surface area contributed by atoms with Crippen LogP contribution in [-0.4, -0.2) is 84.6 Å². The topological polar surface area (TPSA) is 111 Å². The molecule has 3 heterocycles. The fraction of sp³-hybridized carbons (Fsp3) is 0.400. The van der Waals surface area contributed by atoms with Crippen molar-refractivity contribution in [1.29, 1.82) is 0 Å². The Kier molecular flexibility index (Phi) is 7.34. The van der Waals surface area contributed by atoms with E-state index in [-0.39, 0.29) is 21.8 Å². The van der Waals surface area contributed by atoms with E-state index >= 15 is 0 Å². The third-order valence-electron chi connectivity index (χ3n) is 6.55. The van der Waals surface area contributed by atoms with Crippen LogP contribution in [0, 0.1) is 0 Å². The van der Waals surface area contributed by atoms with Gasteiger partial charge in [-0.1, -0.05) is 12.5 Å².